The molecule has 22 heavy (non-hydrogen) atoms. The Balaban J connectivity index is 2.07. The van der Waals surface area contributed by atoms with Crippen LogP contribution in [0.3, 0.4) is 0 Å². The second-order valence-corrected chi connectivity index (χ2v) is 4.31. The number of hydrogen-bond acceptors (Lipinski definition) is 3. The van der Waals surface area contributed by atoms with Crippen LogP contribution in [-0.2, 0) is 6.54 Å². The first-order valence-corrected chi connectivity index (χ1v) is 5.86. The zero-order valence-electron chi connectivity index (χ0n) is 10.8. The number of nitrogens with zero attached hydrogens (tertiary/aromatic N) is 3. The fourth-order valence-electron chi connectivity index (χ4n) is 1.51. The van der Waals surface area contributed by atoms with E-state index < -0.39 is 18.6 Å². The summed E-state index contributed by atoms with van der Waals surface area (Å²) < 4.78 is 67.7. The van der Waals surface area contributed by atoms with Crippen LogP contribution < -0.4 is 4.74 Å². The summed E-state index contributed by atoms with van der Waals surface area (Å²) in [4.78, 5) is 0. The molecule has 0 saturated carbocycles. The topological polar surface area (TPSA) is 50.8 Å². The molecular weight excluding hydrogens is 309 g/mol. The Bertz CT molecular complexity index is 685. The minimum atomic E-state index is -5.65. The van der Waals surface area contributed by atoms with Crippen molar-refractivity contribution in [3.8, 4) is 17.6 Å². The third kappa shape index (κ3) is 3.52. The number of alkyl halides is 5. The Hall–Kier alpha value is -2.63. The van der Waals surface area contributed by atoms with Crippen LogP contribution in [0, 0.1) is 11.3 Å². The lowest BCUT2D eigenvalue weighted by molar-refractivity contribution is -0.287. The SMILES string of the molecule is N#Cc1ccc(Oc2cnn(CC(F)(F)C(F)(F)F)c2)cc1. The van der Waals surface area contributed by atoms with Gasteiger partial charge in [0.15, 0.2) is 5.75 Å². The van der Waals surface area contributed by atoms with Crippen LogP contribution in [0.4, 0.5) is 22.0 Å². The van der Waals surface area contributed by atoms with E-state index in [-0.39, 0.29) is 5.75 Å². The number of aromatic nitrogens is 2. The molecule has 0 N–H and O–H groups in total. The van der Waals surface area contributed by atoms with Gasteiger partial charge in [-0.05, 0) is 24.3 Å². The minimum Gasteiger partial charge on any atom is -0.454 e. The van der Waals surface area contributed by atoms with Gasteiger partial charge in [-0.25, -0.2) is 0 Å². The lowest BCUT2D eigenvalue weighted by atomic mass is 10.2. The second kappa shape index (κ2) is 5.63. The van der Waals surface area contributed by atoms with E-state index in [4.69, 9.17) is 10.00 Å². The van der Waals surface area contributed by atoms with Crippen LogP contribution in [-0.4, -0.2) is 21.9 Å². The van der Waals surface area contributed by atoms with Crippen LogP contribution in [0.1, 0.15) is 5.56 Å². The number of hydrogen-bond donors (Lipinski definition) is 0. The van der Waals surface area contributed by atoms with Crippen LogP contribution in [0.2, 0.25) is 0 Å². The molecule has 2 aromatic rings. The zero-order chi connectivity index (χ0) is 16.4. The molecule has 0 fully saturated rings. The highest BCUT2D eigenvalue weighted by Gasteiger charge is 2.57. The molecule has 0 radical (unpaired) electrons. The molecule has 4 nitrogen and oxygen atoms in total. The smallest absolute Gasteiger partial charge is 0.454 e. The van der Waals surface area contributed by atoms with Gasteiger partial charge >= 0.3 is 12.1 Å². The summed E-state index contributed by atoms with van der Waals surface area (Å²) in [7, 11) is 0. The average Bonchev–Trinajstić information content (AvgIpc) is 2.85. The van der Waals surface area contributed by atoms with Crippen LogP contribution in [0.5, 0.6) is 11.5 Å². The summed E-state index contributed by atoms with van der Waals surface area (Å²) in [5, 5.41) is 12.0. The van der Waals surface area contributed by atoms with E-state index in [1.54, 1.807) is 0 Å². The molecule has 0 unspecified atom stereocenters. The molecule has 0 saturated heterocycles. The fourth-order valence-corrected chi connectivity index (χ4v) is 1.51. The Morgan fingerprint density at radius 3 is 2.27 bits per heavy atom. The van der Waals surface area contributed by atoms with Gasteiger partial charge in [0.05, 0.1) is 24.0 Å². The average molecular weight is 317 g/mol. The summed E-state index contributed by atoms with van der Waals surface area (Å²) in [6, 6.07) is 7.76. The largest absolute Gasteiger partial charge is 0.455 e. The van der Waals surface area contributed by atoms with Gasteiger partial charge in [0.25, 0.3) is 0 Å². The van der Waals surface area contributed by atoms with Crippen molar-refractivity contribution < 1.29 is 26.7 Å². The standard InChI is InChI=1S/C13H8F5N3O/c14-12(15,13(16,17)18)8-21-7-11(6-20-21)22-10-3-1-9(5-19)2-4-10/h1-4,6-7H,8H2. The molecule has 0 spiro atoms. The third-order valence-electron chi connectivity index (χ3n) is 2.60. The Kier molecular flexibility index (Phi) is 4.03. The summed E-state index contributed by atoms with van der Waals surface area (Å²) in [6.07, 6.45) is -3.70. The molecule has 1 aromatic heterocycles. The van der Waals surface area contributed by atoms with E-state index in [9.17, 15) is 22.0 Å². The number of rotatable bonds is 4. The molecule has 0 aliphatic carbocycles. The molecule has 0 amide bonds. The summed E-state index contributed by atoms with van der Waals surface area (Å²) in [5.74, 6) is -4.59. The Morgan fingerprint density at radius 2 is 1.73 bits per heavy atom. The first-order valence-electron chi connectivity index (χ1n) is 5.86. The predicted octanol–water partition coefficient (Wildman–Crippen LogP) is 3.74. The number of ether oxygens (including phenoxy) is 1. The van der Waals surface area contributed by atoms with E-state index >= 15 is 0 Å². The second-order valence-electron chi connectivity index (χ2n) is 4.31. The first-order chi connectivity index (χ1) is 10.2. The molecular formula is C13H8F5N3O. The summed E-state index contributed by atoms with van der Waals surface area (Å²) in [6.45, 7) is -1.63. The van der Waals surface area contributed by atoms with Gasteiger partial charge in [-0.2, -0.15) is 32.3 Å². The summed E-state index contributed by atoms with van der Waals surface area (Å²) in [5.41, 5.74) is 0.396. The van der Waals surface area contributed by atoms with Crippen molar-refractivity contribution >= 4 is 0 Å². The van der Waals surface area contributed by atoms with Crippen molar-refractivity contribution in [1.29, 1.82) is 5.26 Å². The van der Waals surface area contributed by atoms with E-state index in [1.165, 1.54) is 24.3 Å². The Morgan fingerprint density at radius 1 is 1.09 bits per heavy atom. The van der Waals surface area contributed by atoms with E-state index in [2.05, 4.69) is 5.10 Å². The van der Waals surface area contributed by atoms with Gasteiger partial charge in [-0.1, -0.05) is 0 Å². The molecule has 9 heteroatoms. The van der Waals surface area contributed by atoms with Gasteiger partial charge in [-0.15, -0.1) is 0 Å². The zero-order valence-corrected chi connectivity index (χ0v) is 10.8. The number of halogens is 5. The molecule has 116 valence electrons. The molecule has 0 atom stereocenters. The van der Waals surface area contributed by atoms with E-state index in [1.807, 2.05) is 6.07 Å². The minimum absolute atomic E-state index is 0.00248. The molecule has 2 rings (SSSR count). The predicted molar refractivity (Wildman–Crippen MR) is 64.5 cm³/mol. The van der Waals surface area contributed by atoms with E-state index in [0.717, 1.165) is 12.4 Å². The van der Waals surface area contributed by atoms with Crippen molar-refractivity contribution in [3.05, 3.63) is 42.2 Å². The van der Waals surface area contributed by atoms with Gasteiger partial charge in [0.2, 0.25) is 0 Å². The van der Waals surface area contributed by atoms with Crippen LogP contribution in [0.25, 0.3) is 0 Å². The lowest BCUT2D eigenvalue weighted by Gasteiger charge is -2.19. The fraction of sp³-hybridized carbons (Fsp3) is 0.231. The quantitative estimate of drug-likeness (QED) is 0.807. The van der Waals surface area contributed by atoms with Gasteiger partial charge in [0.1, 0.15) is 12.3 Å². The Labute approximate surface area is 121 Å². The molecule has 0 aliphatic heterocycles. The molecule has 1 heterocycles. The number of nitriles is 1. The van der Waals surface area contributed by atoms with Crippen molar-refractivity contribution in [1.82, 2.24) is 9.78 Å². The summed E-state index contributed by atoms with van der Waals surface area (Å²) >= 11 is 0. The maximum Gasteiger partial charge on any atom is 0.455 e. The van der Waals surface area contributed by atoms with E-state index in [0.29, 0.717) is 16.0 Å². The highest BCUT2D eigenvalue weighted by atomic mass is 19.4. The van der Waals surface area contributed by atoms with Crippen molar-refractivity contribution in [2.45, 2.75) is 18.6 Å². The lowest BCUT2D eigenvalue weighted by Crippen LogP contribution is -2.40. The van der Waals surface area contributed by atoms with Gasteiger partial charge in [0, 0.05) is 0 Å². The molecule has 0 aliphatic rings. The van der Waals surface area contributed by atoms with Crippen LogP contribution in [0.15, 0.2) is 36.7 Å². The molecule has 1 aromatic carbocycles. The third-order valence-corrected chi connectivity index (χ3v) is 2.60. The van der Waals surface area contributed by atoms with Gasteiger partial charge in [-0.3, -0.25) is 4.68 Å². The highest BCUT2D eigenvalue weighted by Crippen LogP contribution is 2.36. The number of benzene rings is 1. The molecule has 0 bridgehead atoms. The first kappa shape index (κ1) is 15.8. The maximum atomic E-state index is 12.9. The highest BCUT2D eigenvalue weighted by molar-refractivity contribution is 5.36. The maximum absolute atomic E-state index is 12.9. The monoisotopic (exact) mass is 317 g/mol. The van der Waals surface area contributed by atoms with Crippen LogP contribution >= 0.6 is 0 Å². The van der Waals surface area contributed by atoms with Crippen molar-refractivity contribution in [2.24, 2.45) is 0 Å². The normalized spacial score (nSPS) is 12.0. The van der Waals surface area contributed by atoms with Gasteiger partial charge < -0.3 is 4.74 Å². The van der Waals surface area contributed by atoms with Crippen molar-refractivity contribution in [3.63, 3.8) is 0 Å². The van der Waals surface area contributed by atoms with Crippen molar-refractivity contribution in [2.75, 3.05) is 0 Å².